The first kappa shape index (κ1) is 15.0. The molecule has 1 unspecified atom stereocenters. The zero-order valence-corrected chi connectivity index (χ0v) is 10.6. The zero-order valence-electron chi connectivity index (χ0n) is 10.6. The summed E-state index contributed by atoms with van der Waals surface area (Å²) in [5.41, 5.74) is 5.77. The molecule has 1 atom stereocenters. The van der Waals surface area contributed by atoms with Crippen molar-refractivity contribution < 1.29 is 13.5 Å². The average molecular weight is 258 g/mol. The van der Waals surface area contributed by atoms with Crippen molar-refractivity contribution in [1.82, 2.24) is 5.32 Å². The maximum Gasteiger partial charge on any atom is 0.127 e. The first-order valence-corrected chi connectivity index (χ1v) is 6.03. The SMILES string of the molecule is COCC(CCCN)NCc1cc(F)ccc1F. The van der Waals surface area contributed by atoms with Crippen molar-refractivity contribution >= 4 is 0 Å². The predicted octanol–water partition coefficient (Wildman–Crippen LogP) is 1.81. The lowest BCUT2D eigenvalue weighted by Crippen LogP contribution is -2.33. The summed E-state index contributed by atoms with van der Waals surface area (Å²) in [6.45, 7) is 1.41. The van der Waals surface area contributed by atoms with Crippen molar-refractivity contribution in [1.29, 1.82) is 0 Å². The lowest BCUT2D eigenvalue weighted by molar-refractivity contribution is 0.161. The Bertz CT molecular complexity index is 361. The molecular weight excluding hydrogens is 238 g/mol. The summed E-state index contributed by atoms with van der Waals surface area (Å²) in [5, 5.41) is 3.15. The van der Waals surface area contributed by atoms with Crippen molar-refractivity contribution in [3.8, 4) is 0 Å². The van der Waals surface area contributed by atoms with Crippen molar-refractivity contribution in [3.05, 3.63) is 35.4 Å². The Morgan fingerprint density at radius 1 is 1.39 bits per heavy atom. The molecule has 1 rings (SSSR count). The molecule has 3 nitrogen and oxygen atoms in total. The van der Waals surface area contributed by atoms with Gasteiger partial charge in [-0.25, -0.2) is 8.78 Å². The highest BCUT2D eigenvalue weighted by molar-refractivity contribution is 5.18. The summed E-state index contributed by atoms with van der Waals surface area (Å²) >= 11 is 0. The molecule has 0 saturated heterocycles. The van der Waals surface area contributed by atoms with Gasteiger partial charge in [0.05, 0.1) is 6.61 Å². The van der Waals surface area contributed by atoms with Gasteiger partial charge in [0, 0.05) is 25.3 Å². The van der Waals surface area contributed by atoms with Gasteiger partial charge in [-0.1, -0.05) is 0 Å². The number of hydrogen-bond donors (Lipinski definition) is 2. The molecule has 18 heavy (non-hydrogen) atoms. The van der Waals surface area contributed by atoms with E-state index in [2.05, 4.69) is 5.32 Å². The summed E-state index contributed by atoms with van der Waals surface area (Å²) < 4.78 is 31.5. The molecule has 102 valence electrons. The third-order valence-electron chi connectivity index (χ3n) is 2.71. The standard InChI is InChI=1S/C13H20F2N2O/c1-18-9-12(3-2-6-16)17-8-10-7-11(14)4-5-13(10)15/h4-5,7,12,17H,2-3,6,8-9,16H2,1H3. The van der Waals surface area contributed by atoms with Crippen molar-refractivity contribution in [2.75, 3.05) is 20.3 Å². The lowest BCUT2D eigenvalue weighted by Gasteiger charge is -2.17. The first-order chi connectivity index (χ1) is 8.67. The zero-order chi connectivity index (χ0) is 13.4. The number of rotatable bonds is 8. The van der Waals surface area contributed by atoms with Crippen LogP contribution in [-0.2, 0) is 11.3 Å². The molecule has 0 fully saturated rings. The fourth-order valence-corrected chi connectivity index (χ4v) is 1.74. The molecular formula is C13H20F2N2O. The number of nitrogens with two attached hydrogens (primary N) is 1. The third kappa shape index (κ3) is 5.08. The van der Waals surface area contributed by atoms with E-state index < -0.39 is 11.6 Å². The van der Waals surface area contributed by atoms with Gasteiger partial charge in [0.1, 0.15) is 11.6 Å². The van der Waals surface area contributed by atoms with Crippen LogP contribution in [0.25, 0.3) is 0 Å². The van der Waals surface area contributed by atoms with Crippen LogP contribution < -0.4 is 11.1 Å². The van der Waals surface area contributed by atoms with Gasteiger partial charge >= 0.3 is 0 Å². The molecule has 0 aliphatic heterocycles. The van der Waals surface area contributed by atoms with Crippen LogP contribution in [0.4, 0.5) is 8.78 Å². The van der Waals surface area contributed by atoms with Crippen LogP contribution in [0, 0.1) is 11.6 Å². The maximum atomic E-state index is 13.4. The number of halogens is 2. The molecule has 0 aliphatic carbocycles. The maximum absolute atomic E-state index is 13.4. The monoisotopic (exact) mass is 258 g/mol. The molecule has 0 bridgehead atoms. The Morgan fingerprint density at radius 2 is 2.17 bits per heavy atom. The van der Waals surface area contributed by atoms with Crippen molar-refractivity contribution in [2.45, 2.75) is 25.4 Å². The predicted molar refractivity (Wildman–Crippen MR) is 67.2 cm³/mol. The van der Waals surface area contributed by atoms with E-state index in [0.29, 0.717) is 18.7 Å². The van der Waals surface area contributed by atoms with Crippen LogP contribution in [0.5, 0.6) is 0 Å². The largest absolute Gasteiger partial charge is 0.383 e. The Morgan fingerprint density at radius 3 is 2.83 bits per heavy atom. The van der Waals surface area contributed by atoms with Gasteiger partial charge in [-0.2, -0.15) is 0 Å². The molecule has 5 heteroatoms. The van der Waals surface area contributed by atoms with Crippen LogP contribution in [-0.4, -0.2) is 26.3 Å². The van der Waals surface area contributed by atoms with E-state index in [1.165, 1.54) is 6.07 Å². The summed E-state index contributed by atoms with van der Waals surface area (Å²) in [6.07, 6.45) is 1.72. The second kappa shape index (κ2) is 8.13. The van der Waals surface area contributed by atoms with E-state index in [4.69, 9.17) is 10.5 Å². The quantitative estimate of drug-likeness (QED) is 0.747. The highest BCUT2D eigenvalue weighted by Gasteiger charge is 2.09. The average Bonchev–Trinajstić information content (AvgIpc) is 2.36. The highest BCUT2D eigenvalue weighted by Crippen LogP contribution is 2.10. The topological polar surface area (TPSA) is 47.3 Å². The van der Waals surface area contributed by atoms with Gasteiger partial charge in [-0.15, -0.1) is 0 Å². The summed E-state index contributed by atoms with van der Waals surface area (Å²) in [6, 6.07) is 3.55. The van der Waals surface area contributed by atoms with Crippen LogP contribution in [0.1, 0.15) is 18.4 Å². The van der Waals surface area contributed by atoms with Gasteiger partial charge in [-0.3, -0.25) is 0 Å². The number of methoxy groups -OCH3 is 1. The molecule has 0 heterocycles. The highest BCUT2D eigenvalue weighted by atomic mass is 19.1. The Hall–Kier alpha value is -1.04. The molecule has 0 saturated carbocycles. The van der Waals surface area contributed by atoms with Gasteiger partial charge < -0.3 is 15.8 Å². The van der Waals surface area contributed by atoms with Crippen LogP contribution in [0.15, 0.2) is 18.2 Å². The van der Waals surface area contributed by atoms with Crippen molar-refractivity contribution in [2.24, 2.45) is 5.73 Å². The first-order valence-electron chi connectivity index (χ1n) is 6.03. The van der Waals surface area contributed by atoms with Crippen LogP contribution >= 0.6 is 0 Å². The van der Waals surface area contributed by atoms with Gasteiger partial charge in [0.15, 0.2) is 0 Å². The smallest absolute Gasteiger partial charge is 0.127 e. The van der Waals surface area contributed by atoms with E-state index in [9.17, 15) is 8.78 Å². The number of hydrogen-bond acceptors (Lipinski definition) is 3. The summed E-state index contributed by atoms with van der Waals surface area (Å²) in [5.74, 6) is -0.836. The minimum absolute atomic E-state index is 0.0983. The number of nitrogens with one attached hydrogen (secondary N) is 1. The third-order valence-corrected chi connectivity index (χ3v) is 2.71. The van der Waals surface area contributed by atoms with E-state index in [1.807, 2.05) is 0 Å². The molecule has 0 aromatic heterocycles. The van der Waals surface area contributed by atoms with Crippen LogP contribution in [0.2, 0.25) is 0 Å². The molecule has 0 spiro atoms. The molecule has 1 aromatic carbocycles. The summed E-state index contributed by atoms with van der Waals surface area (Å²) in [4.78, 5) is 0. The molecule has 3 N–H and O–H groups in total. The number of ether oxygens (including phenoxy) is 1. The Labute approximate surface area is 106 Å². The van der Waals surface area contributed by atoms with Gasteiger partial charge in [0.2, 0.25) is 0 Å². The number of benzene rings is 1. The molecule has 0 amide bonds. The fraction of sp³-hybridized carbons (Fsp3) is 0.538. The van der Waals surface area contributed by atoms with Crippen molar-refractivity contribution in [3.63, 3.8) is 0 Å². The molecule has 0 aliphatic rings. The lowest BCUT2D eigenvalue weighted by atomic mass is 10.1. The Balaban J connectivity index is 2.52. The second-order valence-electron chi connectivity index (χ2n) is 4.20. The second-order valence-corrected chi connectivity index (χ2v) is 4.20. The Kier molecular flexibility index (Phi) is 6.78. The van der Waals surface area contributed by atoms with E-state index in [1.54, 1.807) is 7.11 Å². The normalized spacial score (nSPS) is 12.7. The minimum Gasteiger partial charge on any atom is -0.383 e. The van der Waals surface area contributed by atoms with Crippen LogP contribution in [0.3, 0.4) is 0 Å². The summed E-state index contributed by atoms with van der Waals surface area (Å²) in [7, 11) is 1.61. The molecule has 1 aromatic rings. The van der Waals surface area contributed by atoms with Gasteiger partial charge in [0.25, 0.3) is 0 Å². The van der Waals surface area contributed by atoms with E-state index >= 15 is 0 Å². The van der Waals surface area contributed by atoms with E-state index in [-0.39, 0.29) is 12.6 Å². The van der Waals surface area contributed by atoms with Gasteiger partial charge in [-0.05, 0) is 37.6 Å². The van der Waals surface area contributed by atoms with E-state index in [0.717, 1.165) is 25.0 Å². The minimum atomic E-state index is -0.432. The fourth-order valence-electron chi connectivity index (χ4n) is 1.74. The molecule has 0 radical (unpaired) electrons.